The predicted molar refractivity (Wildman–Crippen MR) is 114 cm³/mol. The molecule has 0 fully saturated rings. The van der Waals surface area contributed by atoms with Gasteiger partial charge in [0.1, 0.15) is 6.54 Å². The lowest BCUT2D eigenvalue weighted by Crippen LogP contribution is -2.41. The molecule has 7 nitrogen and oxygen atoms in total. The fraction of sp³-hybridized carbons (Fsp3) is 0.381. The second kappa shape index (κ2) is 9.65. The molecule has 0 aromatic heterocycles. The molecule has 2 rings (SSSR count). The van der Waals surface area contributed by atoms with E-state index in [4.69, 9.17) is 9.47 Å². The van der Waals surface area contributed by atoms with Gasteiger partial charge in [0.25, 0.3) is 0 Å². The van der Waals surface area contributed by atoms with E-state index >= 15 is 0 Å². The fourth-order valence-electron chi connectivity index (χ4n) is 3.04. The Labute approximate surface area is 172 Å². The van der Waals surface area contributed by atoms with Crippen LogP contribution in [0, 0.1) is 6.92 Å². The van der Waals surface area contributed by atoms with Gasteiger partial charge in [-0.05, 0) is 48.7 Å². The molecule has 0 aliphatic heterocycles. The van der Waals surface area contributed by atoms with E-state index in [2.05, 4.69) is 5.32 Å². The van der Waals surface area contributed by atoms with Gasteiger partial charge >= 0.3 is 0 Å². The number of carbonyl (C=O) groups excluding carboxylic acids is 1. The number of nitrogens with zero attached hydrogens (tertiary/aromatic N) is 1. The number of methoxy groups -OCH3 is 2. The summed E-state index contributed by atoms with van der Waals surface area (Å²) in [6, 6.07) is 12.2. The minimum atomic E-state index is -3.62. The van der Waals surface area contributed by atoms with Gasteiger partial charge in [0, 0.05) is 0 Å². The van der Waals surface area contributed by atoms with Crippen LogP contribution in [0.1, 0.15) is 30.5 Å². The maximum Gasteiger partial charge on any atom is 0.241 e. The zero-order valence-corrected chi connectivity index (χ0v) is 18.2. The molecular formula is C21H28N2O5S. The Balaban J connectivity index is 2.22. The highest BCUT2D eigenvalue weighted by Gasteiger charge is 2.23. The summed E-state index contributed by atoms with van der Waals surface area (Å²) in [6.45, 7) is 3.51. The molecule has 0 aliphatic rings. The van der Waals surface area contributed by atoms with Crippen LogP contribution in [0.5, 0.6) is 11.5 Å². The Hall–Kier alpha value is -2.74. The molecule has 0 saturated heterocycles. The van der Waals surface area contributed by atoms with Crippen molar-refractivity contribution in [2.45, 2.75) is 26.3 Å². The highest BCUT2D eigenvalue weighted by molar-refractivity contribution is 7.92. The summed E-state index contributed by atoms with van der Waals surface area (Å²) >= 11 is 0. The molecule has 1 amide bonds. The van der Waals surface area contributed by atoms with Crippen molar-refractivity contribution in [1.29, 1.82) is 0 Å². The van der Waals surface area contributed by atoms with Crippen molar-refractivity contribution in [3.05, 3.63) is 53.6 Å². The Kier molecular flexibility index (Phi) is 7.50. The standard InChI is InChI=1S/C21H28N2O5S/c1-6-18(16-10-11-19(27-3)20(13-16)28-4)22-21(24)14-23(29(5,25)26)17-9-7-8-15(2)12-17/h7-13,18H,6,14H2,1-5H3,(H,22,24)/t18-/m1/s1. The Morgan fingerprint density at radius 3 is 2.34 bits per heavy atom. The molecule has 1 N–H and O–H groups in total. The first-order chi connectivity index (χ1) is 13.7. The molecule has 8 heteroatoms. The normalized spacial score (nSPS) is 12.2. The summed E-state index contributed by atoms with van der Waals surface area (Å²) in [5, 5.41) is 2.92. The van der Waals surface area contributed by atoms with Crippen molar-refractivity contribution in [1.82, 2.24) is 5.32 Å². The number of amides is 1. The number of sulfonamides is 1. The number of benzene rings is 2. The molecular weight excluding hydrogens is 392 g/mol. The summed E-state index contributed by atoms with van der Waals surface area (Å²) < 4.78 is 36.2. The van der Waals surface area contributed by atoms with Gasteiger partial charge < -0.3 is 14.8 Å². The van der Waals surface area contributed by atoms with Crippen LogP contribution in [0.15, 0.2) is 42.5 Å². The van der Waals surface area contributed by atoms with Crippen molar-refractivity contribution in [2.75, 3.05) is 31.3 Å². The lowest BCUT2D eigenvalue weighted by atomic mass is 10.0. The van der Waals surface area contributed by atoms with E-state index in [9.17, 15) is 13.2 Å². The van der Waals surface area contributed by atoms with Crippen molar-refractivity contribution >= 4 is 21.6 Å². The summed E-state index contributed by atoms with van der Waals surface area (Å²) in [6.07, 6.45) is 1.72. The molecule has 0 aliphatic carbocycles. The number of hydrogen-bond acceptors (Lipinski definition) is 5. The molecule has 0 saturated carbocycles. The second-order valence-corrected chi connectivity index (χ2v) is 8.66. The smallest absolute Gasteiger partial charge is 0.241 e. The highest BCUT2D eigenvalue weighted by Crippen LogP contribution is 2.31. The number of hydrogen-bond donors (Lipinski definition) is 1. The summed E-state index contributed by atoms with van der Waals surface area (Å²) in [7, 11) is -0.515. The van der Waals surface area contributed by atoms with Gasteiger partial charge in [-0.25, -0.2) is 8.42 Å². The van der Waals surface area contributed by atoms with Crippen LogP contribution >= 0.6 is 0 Å². The lowest BCUT2D eigenvalue weighted by Gasteiger charge is -2.24. The van der Waals surface area contributed by atoms with Gasteiger partial charge in [-0.1, -0.05) is 25.1 Å². The van der Waals surface area contributed by atoms with Gasteiger partial charge in [0.15, 0.2) is 11.5 Å². The molecule has 2 aromatic rings. The number of carbonyl (C=O) groups is 1. The molecule has 0 unspecified atom stereocenters. The Morgan fingerprint density at radius 2 is 1.79 bits per heavy atom. The number of ether oxygens (including phenoxy) is 2. The minimum absolute atomic E-state index is 0.291. The zero-order valence-electron chi connectivity index (χ0n) is 17.4. The third kappa shape index (κ3) is 5.87. The lowest BCUT2D eigenvalue weighted by molar-refractivity contribution is -0.120. The first kappa shape index (κ1) is 22.5. The van der Waals surface area contributed by atoms with Crippen LogP contribution in [0.3, 0.4) is 0 Å². The summed E-state index contributed by atoms with van der Waals surface area (Å²) in [5.74, 6) is 0.772. The van der Waals surface area contributed by atoms with Crippen LogP contribution in [0.4, 0.5) is 5.69 Å². The van der Waals surface area contributed by atoms with Crippen molar-refractivity contribution in [2.24, 2.45) is 0 Å². The number of nitrogens with one attached hydrogen (secondary N) is 1. The third-order valence-electron chi connectivity index (χ3n) is 4.53. The van der Waals surface area contributed by atoms with Crippen LogP contribution in [0.2, 0.25) is 0 Å². The summed E-state index contributed by atoms with van der Waals surface area (Å²) in [5.41, 5.74) is 2.22. The van der Waals surface area contributed by atoms with E-state index in [0.29, 0.717) is 23.6 Å². The largest absolute Gasteiger partial charge is 0.493 e. The van der Waals surface area contributed by atoms with E-state index in [1.165, 1.54) is 0 Å². The fourth-order valence-corrected chi connectivity index (χ4v) is 3.89. The van der Waals surface area contributed by atoms with Gasteiger partial charge in [-0.15, -0.1) is 0 Å². The van der Waals surface area contributed by atoms with E-state index < -0.39 is 15.9 Å². The first-order valence-electron chi connectivity index (χ1n) is 9.25. The SMILES string of the molecule is CC[C@@H](NC(=O)CN(c1cccc(C)c1)S(C)(=O)=O)c1ccc(OC)c(OC)c1. The van der Waals surface area contributed by atoms with Crippen LogP contribution in [0.25, 0.3) is 0 Å². The molecule has 1 atom stereocenters. The molecule has 2 aromatic carbocycles. The second-order valence-electron chi connectivity index (χ2n) is 6.75. The topological polar surface area (TPSA) is 84.9 Å². The molecule has 158 valence electrons. The van der Waals surface area contributed by atoms with E-state index in [0.717, 1.165) is 21.7 Å². The predicted octanol–water partition coefficient (Wildman–Crippen LogP) is 3.05. The van der Waals surface area contributed by atoms with E-state index in [-0.39, 0.29) is 12.6 Å². The maximum absolute atomic E-state index is 12.7. The van der Waals surface area contributed by atoms with Gasteiger partial charge in [-0.3, -0.25) is 9.10 Å². The van der Waals surface area contributed by atoms with E-state index in [1.54, 1.807) is 38.5 Å². The minimum Gasteiger partial charge on any atom is -0.493 e. The van der Waals surface area contributed by atoms with E-state index in [1.807, 2.05) is 32.0 Å². The maximum atomic E-state index is 12.7. The highest BCUT2D eigenvalue weighted by atomic mass is 32.2. The van der Waals surface area contributed by atoms with Crippen LogP contribution < -0.4 is 19.1 Å². The van der Waals surface area contributed by atoms with Crippen LogP contribution in [-0.4, -0.2) is 41.3 Å². The molecule has 0 heterocycles. The average molecular weight is 421 g/mol. The number of rotatable bonds is 9. The molecule has 0 radical (unpaired) electrons. The van der Waals surface area contributed by atoms with Crippen LogP contribution in [-0.2, 0) is 14.8 Å². The molecule has 0 spiro atoms. The summed E-state index contributed by atoms with van der Waals surface area (Å²) in [4.78, 5) is 12.7. The van der Waals surface area contributed by atoms with Gasteiger partial charge in [0.05, 0.1) is 32.2 Å². The molecule has 0 bridgehead atoms. The number of anilines is 1. The Bertz CT molecular complexity index is 959. The van der Waals surface area contributed by atoms with Crippen molar-refractivity contribution in [3.8, 4) is 11.5 Å². The monoisotopic (exact) mass is 420 g/mol. The zero-order chi connectivity index (χ0) is 21.6. The average Bonchev–Trinajstić information content (AvgIpc) is 2.68. The van der Waals surface area contributed by atoms with Crippen molar-refractivity contribution in [3.63, 3.8) is 0 Å². The third-order valence-corrected chi connectivity index (χ3v) is 5.67. The first-order valence-corrected chi connectivity index (χ1v) is 11.1. The van der Waals surface area contributed by atoms with Gasteiger partial charge in [0.2, 0.25) is 15.9 Å². The molecule has 29 heavy (non-hydrogen) atoms. The van der Waals surface area contributed by atoms with Crippen molar-refractivity contribution < 1.29 is 22.7 Å². The quantitative estimate of drug-likeness (QED) is 0.674. The number of aryl methyl sites for hydroxylation is 1. The Morgan fingerprint density at radius 1 is 1.10 bits per heavy atom. The van der Waals surface area contributed by atoms with Gasteiger partial charge in [-0.2, -0.15) is 0 Å².